The molecule has 84 heavy (non-hydrogen) atoms. The van der Waals surface area contributed by atoms with E-state index < -0.39 is 118 Å². The summed E-state index contributed by atoms with van der Waals surface area (Å²) in [7, 11) is -10.3. The topological polar surface area (TPSA) is 198 Å². The SMILES string of the molecule is CC1(C)OB(c2cc(F)c(OCCCS(C)(=O)=O)cc2F)OC1(C)C.CS(=O)(=O)CCCOc1cc(F)c(Br)cc1F.CS(=O)(=O)CCCOc1cc(F)c(O)cc1F.CSCCCOc1cc(F)c(Br)cc1F.Oc1cc(F)c(Br)cc1F. The van der Waals surface area contributed by atoms with Gasteiger partial charge in [-0.15, -0.1) is 0 Å². The number of phenolic OH excluding ortho intramolecular Hbond substituents is 2. The van der Waals surface area contributed by atoms with Crippen LogP contribution in [-0.2, 0) is 38.8 Å². The monoisotopic (exact) mass is 1470 g/mol. The van der Waals surface area contributed by atoms with E-state index >= 15 is 0 Å². The van der Waals surface area contributed by atoms with Crippen LogP contribution in [0.25, 0.3) is 0 Å². The van der Waals surface area contributed by atoms with Crippen molar-refractivity contribution in [2.24, 2.45) is 0 Å². The van der Waals surface area contributed by atoms with E-state index in [2.05, 4.69) is 47.8 Å². The van der Waals surface area contributed by atoms with Gasteiger partial charge in [0, 0.05) is 60.6 Å². The second-order valence-electron chi connectivity index (χ2n) is 18.9. The molecule has 1 aliphatic heterocycles. The third-order valence-electron chi connectivity index (χ3n) is 11.0. The van der Waals surface area contributed by atoms with Gasteiger partial charge in [-0.1, -0.05) is 0 Å². The Bertz CT molecular complexity index is 3180. The molecule has 0 unspecified atom stereocenters. The molecule has 32 heteroatoms. The fraction of sp³-hybridized carbons (Fsp3) is 0.423. The number of hydrogen-bond donors (Lipinski definition) is 2. The molecule has 0 amide bonds. The third kappa shape index (κ3) is 27.7. The number of aromatic hydroxyl groups is 2. The molecule has 0 aliphatic carbocycles. The lowest BCUT2D eigenvalue weighted by Crippen LogP contribution is -2.41. The van der Waals surface area contributed by atoms with Crippen LogP contribution < -0.4 is 24.4 Å². The van der Waals surface area contributed by atoms with Crippen molar-refractivity contribution in [3.05, 3.63) is 132 Å². The number of ether oxygens (including phenoxy) is 4. The first-order chi connectivity index (χ1) is 38.7. The fourth-order valence-electron chi connectivity index (χ4n) is 6.07. The maximum atomic E-state index is 14.4. The van der Waals surface area contributed by atoms with Crippen LogP contribution >= 0.6 is 59.6 Å². The molecule has 14 nitrogen and oxygen atoms in total. The summed E-state index contributed by atoms with van der Waals surface area (Å²) >= 11 is 10.2. The third-order valence-corrected chi connectivity index (χ3v) is 16.6. The van der Waals surface area contributed by atoms with Gasteiger partial charge in [0.2, 0.25) is 0 Å². The van der Waals surface area contributed by atoms with E-state index in [-0.39, 0.29) is 98.2 Å². The lowest BCUT2D eigenvalue weighted by atomic mass is 9.78. The summed E-state index contributed by atoms with van der Waals surface area (Å²) in [5.74, 6) is -8.91. The predicted molar refractivity (Wildman–Crippen MR) is 312 cm³/mol. The number of benzene rings is 5. The number of rotatable bonds is 21. The van der Waals surface area contributed by atoms with Gasteiger partial charge in [0.25, 0.3) is 0 Å². The number of halogens is 13. The lowest BCUT2D eigenvalue weighted by Gasteiger charge is -2.32. The van der Waals surface area contributed by atoms with Crippen LogP contribution in [-0.4, -0.2) is 128 Å². The summed E-state index contributed by atoms with van der Waals surface area (Å²) in [5, 5.41) is 17.4. The number of sulfone groups is 3. The maximum Gasteiger partial charge on any atom is 0.497 e. The molecule has 470 valence electrons. The van der Waals surface area contributed by atoms with Gasteiger partial charge < -0.3 is 38.5 Å². The Hall–Kier alpha value is -4.18. The minimum absolute atomic E-state index is 0.00259. The van der Waals surface area contributed by atoms with Crippen molar-refractivity contribution >= 4 is 102 Å². The maximum absolute atomic E-state index is 14.4. The smallest absolute Gasteiger partial charge is 0.497 e. The van der Waals surface area contributed by atoms with Gasteiger partial charge in [-0.3, -0.25) is 0 Å². The molecule has 0 saturated carbocycles. The molecule has 5 aromatic carbocycles. The molecule has 1 fully saturated rings. The zero-order chi connectivity index (χ0) is 64.1. The van der Waals surface area contributed by atoms with Gasteiger partial charge in [-0.25, -0.2) is 69.2 Å². The van der Waals surface area contributed by atoms with Crippen molar-refractivity contribution in [2.45, 2.75) is 64.6 Å². The molecular weight excluding hydrogens is 1420 g/mol. The standard InChI is InChI=1S/C16H23BF2O5S.C10H11BrF2O3S.C10H11BrF2OS.C10H12F2O4S.C6H3BrF2O/c1-15(2)16(3,4)24-17(23-15)11-9-13(19)14(10-12(11)18)22-7-6-8-25(5,20)21;1-17(14,15)4-2-3-16-10-6-8(12)7(11)5-9(10)13;1-15-4-2-3-14-10-6-8(12)7(11)5-9(10)13;1-17(14,15)4-2-3-16-10-6-7(11)9(13)5-8(10)12;7-3-1-5(9)6(10)2-4(3)8/h9-10H,6-8H2,1-5H3;5-6H,2-4H2,1H3;5-6H,2-4H2,1H3;5-6,13H,2-4H2,1H3;1-2,10H. The van der Waals surface area contributed by atoms with E-state index in [1.54, 1.807) is 11.8 Å². The minimum Gasteiger partial charge on any atom is -0.505 e. The highest BCUT2D eigenvalue weighted by Gasteiger charge is 2.52. The van der Waals surface area contributed by atoms with Gasteiger partial charge in [-0.2, -0.15) is 11.8 Å². The van der Waals surface area contributed by atoms with E-state index in [9.17, 15) is 69.2 Å². The Morgan fingerprint density at radius 2 is 0.714 bits per heavy atom. The first-order valence-corrected chi connectivity index (χ1v) is 34.3. The van der Waals surface area contributed by atoms with Gasteiger partial charge in [0.05, 0.1) is 68.3 Å². The van der Waals surface area contributed by atoms with Gasteiger partial charge in [-0.05, 0) is 137 Å². The molecule has 0 atom stereocenters. The van der Waals surface area contributed by atoms with E-state index in [4.69, 9.17) is 38.5 Å². The Balaban J connectivity index is 0.000000369. The average Bonchev–Trinajstić information content (AvgIpc) is 3.88. The fourth-order valence-corrected chi connectivity index (χ4v) is 9.35. The van der Waals surface area contributed by atoms with Crippen molar-refractivity contribution < 1.29 is 108 Å². The van der Waals surface area contributed by atoms with Crippen LogP contribution in [0.2, 0.25) is 0 Å². The molecule has 2 N–H and O–H groups in total. The Labute approximate surface area is 511 Å². The summed E-state index contributed by atoms with van der Waals surface area (Å²) in [4.78, 5) is 0. The number of hydrogen-bond acceptors (Lipinski definition) is 15. The summed E-state index contributed by atoms with van der Waals surface area (Å²) in [6.07, 6.45) is 6.70. The summed E-state index contributed by atoms with van der Waals surface area (Å²) < 4.78 is 229. The van der Waals surface area contributed by atoms with Crippen molar-refractivity contribution in [1.29, 1.82) is 0 Å². The van der Waals surface area contributed by atoms with Gasteiger partial charge in [0.15, 0.2) is 69.4 Å². The van der Waals surface area contributed by atoms with Crippen LogP contribution in [0.1, 0.15) is 53.4 Å². The molecule has 0 spiro atoms. The zero-order valence-corrected chi connectivity index (χ0v) is 54.2. The van der Waals surface area contributed by atoms with Crippen molar-refractivity contribution in [1.82, 2.24) is 0 Å². The summed E-state index contributed by atoms with van der Waals surface area (Å²) in [6.45, 7) is 7.62. The summed E-state index contributed by atoms with van der Waals surface area (Å²) in [5.41, 5.74) is -1.37. The molecule has 0 aromatic heterocycles. The van der Waals surface area contributed by atoms with E-state index in [1.165, 1.54) is 0 Å². The largest absolute Gasteiger partial charge is 0.505 e. The summed E-state index contributed by atoms with van der Waals surface area (Å²) in [6, 6.07) is 8.80. The number of phenols is 2. The van der Waals surface area contributed by atoms with Gasteiger partial charge >= 0.3 is 7.12 Å². The number of thioether (sulfide) groups is 1. The molecule has 1 heterocycles. The van der Waals surface area contributed by atoms with Crippen LogP contribution in [0.5, 0.6) is 34.5 Å². The van der Waals surface area contributed by atoms with Gasteiger partial charge in [0.1, 0.15) is 52.8 Å². The molecule has 1 saturated heterocycles. The Kier molecular flexibility index (Phi) is 31.1. The first-order valence-electron chi connectivity index (χ1n) is 24.4. The molecule has 0 bridgehead atoms. The van der Waals surface area contributed by atoms with Crippen molar-refractivity contribution in [3.63, 3.8) is 0 Å². The second-order valence-corrected chi connectivity index (χ2v) is 29.3. The molecule has 0 radical (unpaired) electrons. The highest BCUT2D eigenvalue weighted by Crippen LogP contribution is 2.37. The Morgan fingerprint density at radius 3 is 1.06 bits per heavy atom. The minimum atomic E-state index is -3.12. The Morgan fingerprint density at radius 1 is 0.440 bits per heavy atom. The molecule has 6 rings (SSSR count). The van der Waals surface area contributed by atoms with Crippen molar-refractivity contribution in [2.75, 3.05) is 74.5 Å². The average molecular weight is 1480 g/mol. The molecule has 1 aliphatic rings. The van der Waals surface area contributed by atoms with Crippen LogP contribution in [0, 0.1) is 58.2 Å². The van der Waals surface area contributed by atoms with E-state index in [0.29, 0.717) is 24.8 Å². The lowest BCUT2D eigenvalue weighted by molar-refractivity contribution is 0.00578. The van der Waals surface area contributed by atoms with Crippen molar-refractivity contribution in [3.8, 4) is 34.5 Å². The molecular formula is C52H60BBr3F10O14S4. The molecule has 5 aromatic rings. The predicted octanol–water partition coefficient (Wildman–Crippen LogP) is 12.4. The van der Waals surface area contributed by atoms with Crippen LogP contribution in [0.15, 0.2) is 74.1 Å². The first kappa shape index (κ1) is 75.9. The van der Waals surface area contributed by atoms with E-state index in [1.807, 2.05) is 34.0 Å². The normalized spacial score (nSPS) is 13.4. The van der Waals surface area contributed by atoms with E-state index in [0.717, 1.165) is 73.4 Å². The zero-order valence-electron chi connectivity index (χ0n) is 46.2. The second kappa shape index (κ2) is 34.4. The highest BCUT2D eigenvalue weighted by molar-refractivity contribution is 9.11. The van der Waals surface area contributed by atoms with Crippen LogP contribution in [0.4, 0.5) is 43.9 Å². The van der Waals surface area contributed by atoms with Crippen LogP contribution in [0.3, 0.4) is 0 Å². The quantitative estimate of drug-likeness (QED) is 0.0304. The highest BCUT2D eigenvalue weighted by atomic mass is 79.9.